The minimum absolute atomic E-state index is 0.215. The second kappa shape index (κ2) is 6.07. The van der Waals surface area contributed by atoms with Crippen molar-refractivity contribution in [3.05, 3.63) is 52.5 Å². The monoisotopic (exact) mass is 368 g/mol. The van der Waals surface area contributed by atoms with E-state index in [-0.39, 0.29) is 4.90 Å². The van der Waals surface area contributed by atoms with Crippen LogP contribution in [-0.2, 0) is 10.0 Å². The van der Waals surface area contributed by atoms with Crippen LogP contribution in [0.3, 0.4) is 0 Å². The lowest BCUT2D eigenvalue weighted by molar-refractivity contribution is 0.592. The highest BCUT2D eigenvalue weighted by Crippen LogP contribution is 2.28. The van der Waals surface area contributed by atoms with Gasteiger partial charge in [0.2, 0.25) is 0 Å². The summed E-state index contributed by atoms with van der Waals surface area (Å²) < 4.78 is 27.6. The molecule has 0 heterocycles. The molecule has 0 amide bonds. The van der Waals surface area contributed by atoms with Gasteiger partial charge < -0.3 is 5.73 Å². The summed E-state index contributed by atoms with van der Waals surface area (Å²) in [7, 11) is -3.61. The van der Waals surface area contributed by atoms with Crippen molar-refractivity contribution < 1.29 is 8.42 Å². The number of aryl methyl sites for hydroxylation is 1. The fourth-order valence-electron chi connectivity index (χ4n) is 2.07. The van der Waals surface area contributed by atoms with Crippen molar-refractivity contribution >= 4 is 37.3 Å². The van der Waals surface area contributed by atoms with Gasteiger partial charge in [0, 0.05) is 16.7 Å². The Labute approximate surface area is 133 Å². The standard InChI is InChI=1S/C15H17BrN2O2S/c1-3-18(12-6-4-5-11(2)9-12)21(19,20)13-7-8-15(17)14(16)10-13/h4-10H,3,17H2,1-2H3. The first-order valence-electron chi connectivity index (χ1n) is 6.50. The molecule has 6 heteroatoms. The van der Waals surface area contributed by atoms with Crippen molar-refractivity contribution in [1.29, 1.82) is 0 Å². The van der Waals surface area contributed by atoms with Crippen LogP contribution in [0.4, 0.5) is 11.4 Å². The lowest BCUT2D eigenvalue weighted by Gasteiger charge is -2.23. The van der Waals surface area contributed by atoms with E-state index < -0.39 is 10.0 Å². The minimum atomic E-state index is -3.61. The minimum Gasteiger partial charge on any atom is -0.398 e. The van der Waals surface area contributed by atoms with Crippen LogP contribution in [0.15, 0.2) is 51.8 Å². The molecular weight excluding hydrogens is 352 g/mol. The first-order valence-corrected chi connectivity index (χ1v) is 8.74. The van der Waals surface area contributed by atoms with Crippen molar-refractivity contribution in [3.63, 3.8) is 0 Å². The Bertz CT molecular complexity index is 760. The van der Waals surface area contributed by atoms with E-state index >= 15 is 0 Å². The summed E-state index contributed by atoms with van der Waals surface area (Å²) in [5.41, 5.74) is 7.89. The number of hydrogen-bond acceptors (Lipinski definition) is 3. The summed E-state index contributed by atoms with van der Waals surface area (Å²) in [6, 6.07) is 12.1. The van der Waals surface area contributed by atoms with Crippen molar-refractivity contribution in [2.75, 3.05) is 16.6 Å². The molecule has 0 aliphatic heterocycles. The molecule has 4 nitrogen and oxygen atoms in total. The van der Waals surface area contributed by atoms with E-state index in [1.54, 1.807) is 12.1 Å². The summed E-state index contributed by atoms with van der Waals surface area (Å²) in [5, 5.41) is 0. The normalized spacial score (nSPS) is 11.4. The van der Waals surface area contributed by atoms with Crippen LogP contribution in [0.2, 0.25) is 0 Å². The van der Waals surface area contributed by atoms with Gasteiger partial charge in [-0.05, 0) is 65.7 Å². The van der Waals surface area contributed by atoms with Gasteiger partial charge in [0.25, 0.3) is 10.0 Å². The van der Waals surface area contributed by atoms with Crippen LogP contribution in [0, 0.1) is 6.92 Å². The maximum Gasteiger partial charge on any atom is 0.264 e. The highest BCUT2D eigenvalue weighted by Gasteiger charge is 2.24. The first-order chi connectivity index (χ1) is 9.86. The number of nitrogen functional groups attached to an aromatic ring is 1. The highest BCUT2D eigenvalue weighted by molar-refractivity contribution is 9.10. The van der Waals surface area contributed by atoms with Crippen molar-refractivity contribution in [3.8, 4) is 0 Å². The number of benzene rings is 2. The Kier molecular flexibility index (Phi) is 4.58. The molecule has 0 unspecified atom stereocenters. The number of anilines is 2. The topological polar surface area (TPSA) is 63.4 Å². The molecule has 112 valence electrons. The highest BCUT2D eigenvalue weighted by atomic mass is 79.9. The van der Waals surface area contributed by atoms with Gasteiger partial charge in [0.1, 0.15) is 0 Å². The van der Waals surface area contributed by atoms with Gasteiger partial charge in [-0.2, -0.15) is 0 Å². The maximum absolute atomic E-state index is 12.8. The molecule has 0 atom stereocenters. The molecule has 2 aromatic carbocycles. The van der Waals surface area contributed by atoms with Crippen LogP contribution in [0.25, 0.3) is 0 Å². The molecule has 0 aliphatic rings. The molecule has 2 aromatic rings. The molecule has 0 spiro atoms. The summed E-state index contributed by atoms with van der Waals surface area (Å²) in [4.78, 5) is 0.215. The predicted octanol–water partition coefficient (Wildman–Crippen LogP) is 3.55. The zero-order valence-electron chi connectivity index (χ0n) is 11.9. The predicted molar refractivity (Wildman–Crippen MR) is 89.9 cm³/mol. The second-order valence-corrected chi connectivity index (χ2v) is 7.41. The van der Waals surface area contributed by atoms with E-state index in [0.717, 1.165) is 5.56 Å². The third-order valence-electron chi connectivity index (χ3n) is 3.14. The summed E-state index contributed by atoms with van der Waals surface area (Å²) in [6.07, 6.45) is 0. The largest absolute Gasteiger partial charge is 0.398 e. The second-order valence-electron chi connectivity index (χ2n) is 4.69. The van der Waals surface area contributed by atoms with Gasteiger partial charge in [-0.1, -0.05) is 12.1 Å². The van der Waals surface area contributed by atoms with E-state index in [4.69, 9.17) is 5.73 Å². The number of rotatable bonds is 4. The number of nitrogens with two attached hydrogens (primary N) is 1. The Morgan fingerprint density at radius 3 is 2.48 bits per heavy atom. The van der Waals surface area contributed by atoms with E-state index in [1.807, 2.05) is 32.0 Å². The Hall–Kier alpha value is -1.53. The zero-order chi connectivity index (χ0) is 15.6. The summed E-state index contributed by atoms with van der Waals surface area (Å²) >= 11 is 3.27. The first kappa shape index (κ1) is 15.9. The van der Waals surface area contributed by atoms with Crippen LogP contribution in [0.1, 0.15) is 12.5 Å². The maximum atomic E-state index is 12.8. The van der Waals surface area contributed by atoms with Gasteiger partial charge in [-0.25, -0.2) is 8.42 Å². The fourth-order valence-corrected chi connectivity index (χ4v) is 4.09. The molecule has 0 aliphatic carbocycles. The molecule has 2 rings (SSSR count). The van der Waals surface area contributed by atoms with Gasteiger partial charge in [-0.3, -0.25) is 4.31 Å². The van der Waals surface area contributed by atoms with Crippen molar-refractivity contribution in [1.82, 2.24) is 0 Å². The van der Waals surface area contributed by atoms with Crippen LogP contribution < -0.4 is 10.0 Å². The van der Waals surface area contributed by atoms with Crippen LogP contribution >= 0.6 is 15.9 Å². The smallest absolute Gasteiger partial charge is 0.264 e. The van der Waals surface area contributed by atoms with Crippen LogP contribution in [-0.4, -0.2) is 15.0 Å². The molecular formula is C15H17BrN2O2S. The third kappa shape index (κ3) is 3.22. The summed E-state index contributed by atoms with van der Waals surface area (Å²) in [6.45, 7) is 4.10. The third-order valence-corrected chi connectivity index (χ3v) is 5.72. The summed E-state index contributed by atoms with van der Waals surface area (Å²) in [5.74, 6) is 0. The van der Waals surface area contributed by atoms with Gasteiger partial charge >= 0.3 is 0 Å². The van der Waals surface area contributed by atoms with E-state index in [2.05, 4.69) is 15.9 Å². The lowest BCUT2D eigenvalue weighted by Crippen LogP contribution is -2.30. The Balaban J connectivity index is 2.51. The van der Waals surface area contributed by atoms with Crippen molar-refractivity contribution in [2.24, 2.45) is 0 Å². The van der Waals surface area contributed by atoms with Gasteiger partial charge in [0.05, 0.1) is 10.6 Å². The average Bonchev–Trinajstić information content (AvgIpc) is 2.42. The quantitative estimate of drug-likeness (QED) is 0.839. The molecule has 0 bridgehead atoms. The Morgan fingerprint density at radius 1 is 1.19 bits per heavy atom. The van der Waals surface area contributed by atoms with E-state index in [9.17, 15) is 8.42 Å². The van der Waals surface area contributed by atoms with E-state index in [0.29, 0.717) is 22.4 Å². The number of halogens is 1. The van der Waals surface area contributed by atoms with Gasteiger partial charge in [0.15, 0.2) is 0 Å². The number of hydrogen-bond donors (Lipinski definition) is 1. The molecule has 0 aromatic heterocycles. The number of nitrogens with zero attached hydrogens (tertiary/aromatic N) is 1. The fraction of sp³-hybridized carbons (Fsp3) is 0.200. The molecule has 0 saturated heterocycles. The van der Waals surface area contributed by atoms with E-state index in [1.165, 1.54) is 16.4 Å². The lowest BCUT2D eigenvalue weighted by atomic mass is 10.2. The van der Waals surface area contributed by atoms with Gasteiger partial charge in [-0.15, -0.1) is 0 Å². The molecule has 21 heavy (non-hydrogen) atoms. The van der Waals surface area contributed by atoms with Crippen molar-refractivity contribution in [2.45, 2.75) is 18.7 Å². The molecule has 0 saturated carbocycles. The van der Waals surface area contributed by atoms with Crippen LogP contribution in [0.5, 0.6) is 0 Å². The molecule has 0 radical (unpaired) electrons. The molecule has 2 N–H and O–H groups in total. The average molecular weight is 369 g/mol. The molecule has 0 fully saturated rings. The Morgan fingerprint density at radius 2 is 1.90 bits per heavy atom. The SMILES string of the molecule is CCN(c1cccc(C)c1)S(=O)(=O)c1ccc(N)c(Br)c1. The zero-order valence-corrected chi connectivity index (χ0v) is 14.3. The number of sulfonamides is 1.